The number of fused-ring (bicyclic) bond motifs is 1. The van der Waals surface area contributed by atoms with E-state index in [1.54, 1.807) is 6.20 Å². The Balaban J connectivity index is 1.38. The molecule has 5 heterocycles. The van der Waals surface area contributed by atoms with Gasteiger partial charge in [-0.3, -0.25) is 4.79 Å². The third kappa shape index (κ3) is 3.84. The molecule has 0 spiro atoms. The van der Waals surface area contributed by atoms with E-state index in [9.17, 15) is 18.0 Å². The van der Waals surface area contributed by atoms with Crippen LogP contribution in [0, 0.1) is 0 Å². The molecule has 0 aromatic carbocycles. The summed E-state index contributed by atoms with van der Waals surface area (Å²) in [5.74, 6) is -0.547. The highest BCUT2D eigenvalue weighted by molar-refractivity contribution is 5.95. The maximum atomic E-state index is 14.0. The Morgan fingerprint density at radius 1 is 1.18 bits per heavy atom. The first kappa shape index (κ1) is 21.9. The van der Waals surface area contributed by atoms with Crippen molar-refractivity contribution in [2.45, 2.75) is 24.9 Å². The second-order valence-electron chi connectivity index (χ2n) is 7.96. The fourth-order valence-electron chi connectivity index (χ4n) is 4.37. The van der Waals surface area contributed by atoms with Crippen LogP contribution in [0.25, 0.3) is 16.9 Å². The quantitative estimate of drug-likeness (QED) is 0.488. The van der Waals surface area contributed by atoms with Crippen molar-refractivity contribution in [3.63, 3.8) is 0 Å². The van der Waals surface area contributed by atoms with Gasteiger partial charge >= 0.3 is 6.18 Å². The maximum absolute atomic E-state index is 14.0. The Hall–Kier alpha value is -3.96. The van der Waals surface area contributed by atoms with Gasteiger partial charge in [0.05, 0.1) is 18.9 Å². The smallest absolute Gasteiger partial charge is 0.434 e. The van der Waals surface area contributed by atoms with Crippen molar-refractivity contribution in [1.82, 2.24) is 34.8 Å². The highest BCUT2D eigenvalue weighted by Gasteiger charge is 2.42. The van der Waals surface area contributed by atoms with Gasteiger partial charge in [0.1, 0.15) is 5.65 Å². The van der Waals surface area contributed by atoms with E-state index in [4.69, 9.17) is 4.74 Å². The zero-order valence-electron chi connectivity index (χ0n) is 18.1. The molecule has 0 saturated carbocycles. The largest absolute Gasteiger partial charge is 0.480 e. The van der Waals surface area contributed by atoms with Crippen molar-refractivity contribution >= 4 is 16.9 Å². The van der Waals surface area contributed by atoms with Crippen LogP contribution in [0.3, 0.4) is 0 Å². The zero-order chi connectivity index (χ0) is 23.9. The summed E-state index contributed by atoms with van der Waals surface area (Å²) < 4.78 is 47.4. The summed E-state index contributed by atoms with van der Waals surface area (Å²) in [4.78, 5) is 22.0. The molecule has 0 aliphatic carbocycles. The van der Waals surface area contributed by atoms with Gasteiger partial charge in [0.15, 0.2) is 11.5 Å². The fourth-order valence-corrected chi connectivity index (χ4v) is 4.37. The van der Waals surface area contributed by atoms with E-state index in [0.29, 0.717) is 30.6 Å². The van der Waals surface area contributed by atoms with Crippen molar-refractivity contribution < 1.29 is 22.7 Å². The zero-order valence-corrected chi connectivity index (χ0v) is 18.1. The number of piperidine rings is 1. The molecule has 176 valence electrons. The number of likely N-dealkylation sites (tertiary alicyclic amines) is 1. The van der Waals surface area contributed by atoms with Crippen LogP contribution in [-0.2, 0) is 6.18 Å². The van der Waals surface area contributed by atoms with Crippen molar-refractivity contribution in [3.8, 4) is 11.7 Å². The van der Waals surface area contributed by atoms with Crippen molar-refractivity contribution in [2.24, 2.45) is 0 Å². The standard InChI is InChI=1S/C22H20F3N7O2/c1-34-18-5-4-17(29-30-18)32-19(22(23,24)25)16(12-28-32)21(33)31-9-6-13(7-10-31)15-11-27-20-14(15)3-2-8-26-20/h2-5,8,11-13H,6-7,9-10H2,1H3,(H,26,27). The number of carbonyl (C=O) groups excluding carboxylic acids is 1. The number of nitrogens with zero attached hydrogens (tertiary/aromatic N) is 6. The van der Waals surface area contributed by atoms with E-state index in [-0.39, 0.29) is 17.6 Å². The molecule has 1 amide bonds. The number of halogens is 3. The molecule has 0 bridgehead atoms. The Labute approximate surface area is 191 Å². The van der Waals surface area contributed by atoms with Crippen LogP contribution < -0.4 is 4.74 Å². The lowest BCUT2D eigenvalue weighted by atomic mass is 9.89. The predicted octanol–water partition coefficient (Wildman–Crippen LogP) is 3.59. The van der Waals surface area contributed by atoms with Gasteiger partial charge in [-0.2, -0.15) is 18.3 Å². The van der Waals surface area contributed by atoms with E-state index >= 15 is 0 Å². The molecule has 0 atom stereocenters. The molecular formula is C22H20F3N7O2. The molecule has 1 aliphatic rings. The second-order valence-corrected chi connectivity index (χ2v) is 7.96. The molecule has 12 heteroatoms. The van der Waals surface area contributed by atoms with E-state index in [0.717, 1.165) is 22.8 Å². The van der Waals surface area contributed by atoms with Crippen LogP contribution >= 0.6 is 0 Å². The van der Waals surface area contributed by atoms with E-state index in [1.807, 2.05) is 18.3 Å². The molecule has 1 N–H and O–H groups in total. The number of carbonyl (C=O) groups is 1. The van der Waals surface area contributed by atoms with Crippen LogP contribution in [0.4, 0.5) is 13.2 Å². The van der Waals surface area contributed by atoms with E-state index in [2.05, 4.69) is 25.3 Å². The Kier molecular flexibility index (Phi) is 5.42. The summed E-state index contributed by atoms with van der Waals surface area (Å²) in [5, 5.41) is 12.3. The van der Waals surface area contributed by atoms with Gasteiger partial charge in [0, 0.05) is 36.9 Å². The molecule has 4 aromatic rings. The summed E-state index contributed by atoms with van der Waals surface area (Å²) in [7, 11) is 1.37. The first-order valence-electron chi connectivity index (χ1n) is 10.6. The lowest BCUT2D eigenvalue weighted by Crippen LogP contribution is -2.38. The Morgan fingerprint density at radius 2 is 1.97 bits per heavy atom. The normalized spacial score (nSPS) is 15.1. The minimum Gasteiger partial charge on any atom is -0.480 e. The van der Waals surface area contributed by atoms with Crippen LogP contribution in [0.1, 0.15) is 40.4 Å². The summed E-state index contributed by atoms with van der Waals surface area (Å²) >= 11 is 0. The molecule has 0 radical (unpaired) electrons. The molecular weight excluding hydrogens is 451 g/mol. The summed E-state index contributed by atoms with van der Waals surface area (Å²) in [6.07, 6.45) is 1.01. The van der Waals surface area contributed by atoms with Crippen molar-refractivity contribution in [2.75, 3.05) is 20.2 Å². The number of hydrogen-bond donors (Lipinski definition) is 1. The van der Waals surface area contributed by atoms with Crippen LogP contribution in [-0.4, -0.2) is 61.0 Å². The fraction of sp³-hybridized carbons (Fsp3) is 0.318. The number of nitrogens with one attached hydrogen (secondary N) is 1. The van der Waals surface area contributed by atoms with Crippen molar-refractivity contribution in [1.29, 1.82) is 0 Å². The molecule has 1 aliphatic heterocycles. The van der Waals surface area contributed by atoms with Crippen LogP contribution in [0.2, 0.25) is 0 Å². The first-order chi connectivity index (χ1) is 16.4. The van der Waals surface area contributed by atoms with Gasteiger partial charge in [-0.05, 0) is 42.5 Å². The lowest BCUT2D eigenvalue weighted by molar-refractivity contribution is -0.143. The predicted molar refractivity (Wildman–Crippen MR) is 115 cm³/mol. The van der Waals surface area contributed by atoms with Gasteiger partial charge < -0.3 is 14.6 Å². The SMILES string of the molecule is COc1ccc(-n2ncc(C(=O)N3CCC(c4c[nH]c5ncccc45)CC3)c2C(F)(F)F)nn1. The lowest BCUT2D eigenvalue weighted by Gasteiger charge is -2.32. The first-order valence-corrected chi connectivity index (χ1v) is 10.6. The second kappa shape index (κ2) is 8.43. The average molecular weight is 471 g/mol. The number of H-pyrrole nitrogens is 1. The van der Waals surface area contributed by atoms with Gasteiger partial charge in [-0.25, -0.2) is 9.67 Å². The van der Waals surface area contributed by atoms with Crippen LogP contribution in [0.15, 0.2) is 42.9 Å². The summed E-state index contributed by atoms with van der Waals surface area (Å²) in [6.45, 7) is 0.669. The number of aromatic nitrogens is 6. The highest BCUT2D eigenvalue weighted by atomic mass is 19.4. The molecule has 4 aromatic heterocycles. The Bertz CT molecular complexity index is 1320. The molecule has 1 fully saturated rings. The third-order valence-electron chi connectivity index (χ3n) is 6.03. The number of amides is 1. The van der Waals surface area contributed by atoms with Crippen LogP contribution in [0.5, 0.6) is 5.88 Å². The number of pyridine rings is 1. The number of aromatic amines is 1. The molecule has 5 rings (SSSR count). The number of ether oxygens (including phenoxy) is 1. The van der Waals surface area contributed by atoms with E-state index in [1.165, 1.54) is 24.1 Å². The van der Waals surface area contributed by atoms with Gasteiger partial charge in [-0.15, -0.1) is 10.2 Å². The summed E-state index contributed by atoms with van der Waals surface area (Å²) in [5.41, 5.74) is 0.207. The number of alkyl halides is 3. The number of hydrogen-bond acceptors (Lipinski definition) is 6. The minimum absolute atomic E-state index is 0.148. The molecule has 9 nitrogen and oxygen atoms in total. The highest BCUT2D eigenvalue weighted by Crippen LogP contribution is 2.36. The van der Waals surface area contributed by atoms with Gasteiger partial charge in [0.25, 0.3) is 5.91 Å². The summed E-state index contributed by atoms with van der Waals surface area (Å²) in [6, 6.07) is 6.51. The molecule has 1 saturated heterocycles. The van der Waals surface area contributed by atoms with E-state index < -0.39 is 23.3 Å². The topological polar surface area (TPSA) is 102 Å². The van der Waals surface area contributed by atoms with Crippen molar-refractivity contribution in [3.05, 3.63) is 59.7 Å². The molecule has 0 unspecified atom stereocenters. The monoisotopic (exact) mass is 471 g/mol. The average Bonchev–Trinajstić information content (AvgIpc) is 3.49. The van der Waals surface area contributed by atoms with Gasteiger partial charge in [0.2, 0.25) is 5.88 Å². The van der Waals surface area contributed by atoms with Gasteiger partial charge in [-0.1, -0.05) is 0 Å². The number of methoxy groups -OCH3 is 1. The minimum atomic E-state index is -4.82. The third-order valence-corrected chi connectivity index (χ3v) is 6.03. The maximum Gasteiger partial charge on any atom is 0.434 e. The number of rotatable bonds is 4. The Morgan fingerprint density at radius 3 is 2.65 bits per heavy atom. The molecule has 34 heavy (non-hydrogen) atoms.